The van der Waals surface area contributed by atoms with Crippen LogP contribution in [0.25, 0.3) is 17.2 Å². The van der Waals surface area contributed by atoms with E-state index in [4.69, 9.17) is 23.8 Å². The van der Waals surface area contributed by atoms with Gasteiger partial charge in [-0.1, -0.05) is 35.9 Å². The molecule has 0 aliphatic carbocycles. The van der Waals surface area contributed by atoms with Crippen LogP contribution in [0.1, 0.15) is 5.56 Å². The monoisotopic (exact) mass is 383 g/mol. The Hall–Kier alpha value is -2.83. The lowest BCUT2D eigenvalue weighted by Crippen LogP contribution is -2.53. The van der Waals surface area contributed by atoms with Crippen molar-refractivity contribution in [1.82, 2.24) is 15.2 Å². The molecule has 0 spiro atoms. The van der Waals surface area contributed by atoms with Crippen LogP contribution in [0.15, 0.2) is 61.0 Å². The summed E-state index contributed by atoms with van der Waals surface area (Å²) in [5, 5.41) is 3.15. The molecule has 1 aliphatic rings. The van der Waals surface area contributed by atoms with Crippen LogP contribution >= 0.6 is 23.8 Å². The molecule has 0 saturated carbocycles. The average Bonchev–Trinajstić information content (AvgIpc) is 2.63. The van der Waals surface area contributed by atoms with Crippen LogP contribution in [0, 0.1) is 0 Å². The van der Waals surface area contributed by atoms with E-state index in [0.29, 0.717) is 10.6 Å². The maximum atomic E-state index is 12.7. The summed E-state index contributed by atoms with van der Waals surface area (Å²) in [6, 6.07) is 9.11. The fourth-order valence-electron chi connectivity index (χ4n) is 2.59. The molecule has 0 radical (unpaired) electrons. The number of rotatable bonds is 4. The van der Waals surface area contributed by atoms with Gasteiger partial charge in [-0.25, -0.2) is 0 Å². The van der Waals surface area contributed by atoms with Crippen molar-refractivity contribution in [1.29, 1.82) is 0 Å². The van der Waals surface area contributed by atoms with Crippen LogP contribution in [0.3, 0.4) is 0 Å². The molecule has 2 aromatic rings. The van der Waals surface area contributed by atoms with E-state index in [-0.39, 0.29) is 17.2 Å². The summed E-state index contributed by atoms with van der Waals surface area (Å²) in [5.41, 5.74) is 2.12. The number of carbonyl (C=O) groups excluding carboxylic acids is 2. The van der Waals surface area contributed by atoms with Gasteiger partial charge in [0.05, 0.1) is 0 Å². The van der Waals surface area contributed by atoms with E-state index in [1.807, 2.05) is 18.2 Å². The van der Waals surface area contributed by atoms with Crippen molar-refractivity contribution in [2.75, 3.05) is 6.54 Å². The molecule has 0 atom stereocenters. The quantitative estimate of drug-likeness (QED) is 0.381. The summed E-state index contributed by atoms with van der Waals surface area (Å²) < 4.78 is 0. The first-order valence-electron chi connectivity index (χ1n) is 7.71. The average molecular weight is 384 g/mol. The van der Waals surface area contributed by atoms with Gasteiger partial charge in [-0.3, -0.25) is 24.8 Å². The predicted octanol–water partition coefficient (Wildman–Crippen LogP) is 3.21. The molecule has 1 aliphatic heterocycles. The molecule has 1 N–H and O–H groups in total. The summed E-state index contributed by atoms with van der Waals surface area (Å²) in [6.07, 6.45) is 6.25. The SMILES string of the molecule is C=CCN1C(=O)/C(=C/c2cnccc2-c2ccccc2Cl)C(=O)NC1=S. The molecule has 5 nitrogen and oxygen atoms in total. The number of nitrogens with one attached hydrogen (secondary N) is 1. The maximum absolute atomic E-state index is 12.7. The van der Waals surface area contributed by atoms with Crippen molar-refractivity contribution in [2.45, 2.75) is 0 Å². The van der Waals surface area contributed by atoms with Gasteiger partial charge in [0.25, 0.3) is 11.8 Å². The zero-order valence-corrected chi connectivity index (χ0v) is 15.2. The number of pyridine rings is 1. The van der Waals surface area contributed by atoms with Crippen molar-refractivity contribution in [3.63, 3.8) is 0 Å². The van der Waals surface area contributed by atoms with Crippen LogP contribution in [0.4, 0.5) is 0 Å². The van der Waals surface area contributed by atoms with Gasteiger partial charge >= 0.3 is 0 Å². The highest BCUT2D eigenvalue weighted by Gasteiger charge is 2.32. The standard InChI is InChI=1S/C19H14ClN3O2S/c1-2-9-23-18(25)15(17(24)22-19(23)26)10-12-11-21-8-7-13(12)14-5-3-4-6-16(14)20/h2-8,10-11H,1,9H2,(H,22,24,26)/b15-10+. The largest absolute Gasteiger partial charge is 0.298 e. The van der Waals surface area contributed by atoms with E-state index in [0.717, 1.165) is 11.1 Å². The van der Waals surface area contributed by atoms with Crippen molar-refractivity contribution in [3.8, 4) is 11.1 Å². The third-order valence-corrected chi connectivity index (χ3v) is 4.47. The van der Waals surface area contributed by atoms with Gasteiger partial charge in [0.1, 0.15) is 5.57 Å². The molecule has 1 saturated heterocycles. The van der Waals surface area contributed by atoms with Crippen LogP contribution in [0.5, 0.6) is 0 Å². The van der Waals surface area contributed by atoms with Gasteiger partial charge in [-0.2, -0.15) is 0 Å². The Labute approximate surface area is 161 Å². The third-order valence-electron chi connectivity index (χ3n) is 3.81. The highest BCUT2D eigenvalue weighted by atomic mass is 35.5. The van der Waals surface area contributed by atoms with Gasteiger partial charge in [0.15, 0.2) is 5.11 Å². The molecule has 2 heterocycles. The first kappa shape index (κ1) is 18.0. The Bertz CT molecular complexity index is 955. The normalized spacial score (nSPS) is 16.0. The molecule has 0 unspecified atom stereocenters. The van der Waals surface area contributed by atoms with Crippen LogP contribution in [-0.2, 0) is 9.59 Å². The van der Waals surface area contributed by atoms with Crippen molar-refractivity contribution < 1.29 is 9.59 Å². The van der Waals surface area contributed by atoms with Gasteiger partial charge in [-0.05, 0) is 36.0 Å². The molecule has 2 amide bonds. The number of nitrogens with zero attached hydrogens (tertiary/aromatic N) is 2. The van der Waals surface area contributed by atoms with Crippen LogP contribution in [-0.4, -0.2) is 33.4 Å². The van der Waals surface area contributed by atoms with Gasteiger partial charge < -0.3 is 0 Å². The number of amides is 2. The van der Waals surface area contributed by atoms with E-state index in [1.54, 1.807) is 30.6 Å². The fraction of sp³-hybridized carbons (Fsp3) is 0.0526. The van der Waals surface area contributed by atoms with E-state index in [1.165, 1.54) is 11.0 Å². The van der Waals surface area contributed by atoms with Gasteiger partial charge in [-0.15, -0.1) is 6.58 Å². The number of halogens is 1. The number of hydrogen-bond acceptors (Lipinski definition) is 4. The summed E-state index contributed by atoms with van der Waals surface area (Å²) in [4.78, 5) is 30.3. The maximum Gasteiger partial charge on any atom is 0.265 e. The lowest BCUT2D eigenvalue weighted by Gasteiger charge is -2.27. The Kier molecular flexibility index (Phi) is 5.25. The third kappa shape index (κ3) is 3.42. The highest BCUT2D eigenvalue weighted by molar-refractivity contribution is 7.80. The summed E-state index contributed by atoms with van der Waals surface area (Å²) >= 11 is 11.3. The van der Waals surface area contributed by atoms with Crippen molar-refractivity contribution in [3.05, 3.63) is 71.5 Å². The Morgan fingerprint density at radius 3 is 2.73 bits per heavy atom. The van der Waals surface area contributed by atoms with Gasteiger partial charge in [0.2, 0.25) is 0 Å². The molecule has 130 valence electrons. The Balaban J connectivity index is 2.09. The summed E-state index contributed by atoms with van der Waals surface area (Å²) in [5.74, 6) is -1.03. The first-order valence-corrected chi connectivity index (χ1v) is 8.50. The molecule has 26 heavy (non-hydrogen) atoms. The molecule has 7 heteroatoms. The topological polar surface area (TPSA) is 62.3 Å². The zero-order chi connectivity index (χ0) is 18.7. The van der Waals surface area contributed by atoms with Gasteiger partial charge in [0, 0.05) is 35.1 Å². The van der Waals surface area contributed by atoms with Crippen molar-refractivity contribution >= 4 is 46.8 Å². The second-order valence-corrected chi connectivity index (χ2v) is 6.26. The number of hydrogen-bond donors (Lipinski definition) is 1. The smallest absolute Gasteiger partial charge is 0.265 e. The van der Waals surface area contributed by atoms with Crippen LogP contribution < -0.4 is 5.32 Å². The molecule has 1 aromatic heterocycles. The Morgan fingerprint density at radius 2 is 2.00 bits per heavy atom. The molecular formula is C19H14ClN3O2S. The van der Waals surface area contributed by atoms with E-state index >= 15 is 0 Å². The number of thiocarbonyl (C=S) groups is 1. The summed E-state index contributed by atoms with van der Waals surface area (Å²) in [7, 11) is 0. The number of benzene rings is 1. The van der Waals surface area contributed by atoms with Crippen molar-refractivity contribution in [2.24, 2.45) is 0 Å². The lowest BCUT2D eigenvalue weighted by atomic mass is 9.99. The minimum absolute atomic E-state index is 0.0262. The number of aromatic nitrogens is 1. The van der Waals surface area contributed by atoms with Crippen LogP contribution in [0.2, 0.25) is 5.02 Å². The summed E-state index contributed by atoms with van der Waals surface area (Å²) in [6.45, 7) is 3.81. The van der Waals surface area contributed by atoms with E-state index in [2.05, 4.69) is 16.9 Å². The molecule has 1 fully saturated rings. The van der Waals surface area contributed by atoms with E-state index in [9.17, 15) is 9.59 Å². The molecular weight excluding hydrogens is 370 g/mol. The highest BCUT2D eigenvalue weighted by Crippen LogP contribution is 2.31. The second kappa shape index (κ2) is 7.59. The van der Waals surface area contributed by atoms with E-state index < -0.39 is 11.8 Å². The molecule has 3 rings (SSSR count). The fourth-order valence-corrected chi connectivity index (χ4v) is 3.08. The molecule has 1 aromatic carbocycles. The first-order chi connectivity index (χ1) is 12.5. The Morgan fingerprint density at radius 1 is 1.23 bits per heavy atom. The molecule has 0 bridgehead atoms. The lowest BCUT2D eigenvalue weighted by molar-refractivity contribution is -0.128. The zero-order valence-electron chi connectivity index (χ0n) is 13.6. The minimum atomic E-state index is -0.547. The number of carbonyl (C=O) groups is 2. The predicted molar refractivity (Wildman–Crippen MR) is 105 cm³/mol. The minimum Gasteiger partial charge on any atom is -0.298 e. The second-order valence-electron chi connectivity index (χ2n) is 5.46.